The van der Waals surface area contributed by atoms with Gasteiger partial charge in [0.15, 0.2) is 0 Å². The molecule has 0 radical (unpaired) electrons. The Bertz CT molecular complexity index is 482. The Morgan fingerprint density at radius 1 is 1.53 bits per heavy atom. The number of carboxylic acids is 1. The Morgan fingerprint density at radius 3 is 2.74 bits per heavy atom. The van der Waals surface area contributed by atoms with Crippen LogP contribution in [-0.2, 0) is 11.3 Å². The SMILES string of the molecule is Cc1ncsc1CNC(=O)NC1(CC(=O)O)CCC1. The van der Waals surface area contributed by atoms with Crippen molar-refractivity contribution >= 4 is 23.3 Å². The molecule has 1 aliphatic rings. The van der Waals surface area contributed by atoms with E-state index in [4.69, 9.17) is 5.11 Å². The van der Waals surface area contributed by atoms with Gasteiger partial charge in [0, 0.05) is 4.88 Å². The van der Waals surface area contributed by atoms with Gasteiger partial charge in [0.1, 0.15) is 0 Å². The van der Waals surface area contributed by atoms with Crippen molar-refractivity contribution in [1.82, 2.24) is 15.6 Å². The van der Waals surface area contributed by atoms with Crippen molar-refractivity contribution in [3.05, 3.63) is 16.1 Å². The van der Waals surface area contributed by atoms with Crippen molar-refractivity contribution in [2.45, 2.75) is 44.7 Å². The van der Waals surface area contributed by atoms with E-state index in [9.17, 15) is 9.59 Å². The van der Waals surface area contributed by atoms with Gasteiger partial charge in [0.05, 0.1) is 29.7 Å². The number of carboxylic acid groups (broad SMARTS) is 1. The summed E-state index contributed by atoms with van der Waals surface area (Å²) in [7, 11) is 0. The molecular weight excluding hydrogens is 266 g/mol. The molecule has 0 spiro atoms. The number of rotatable bonds is 5. The minimum absolute atomic E-state index is 0.0139. The van der Waals surface area contributed by atoms with Crippen LogP contribution in [0.3, 0.4) is 0 Å². The molecule has 0 bridgehead atoms. The lowest BCUT2D eigenvalue weighted by atomic mass is 9.74. The van der Waals surface area contributed by atoms with E-state index in [-0.39, 0.29) is 12.5 Å². The normalized spacial score (nSPS) is 16.5. The van der Waals surface area contributed by atoms with Crippen LogP contribution in [0.2, 0.25) is 0 Å². The molecule has 1 saturated carbocycles. The molecule has 1 heterocycles. The van der Waals surface area contributed by atoms with Gasteiger partial charge < -0.3 is 15.7 Å². The quantitative estimate of drug-likeness (QED) is 0.766. The highest BCUT2D eigenvalue weighted by Gasteiger charge is 2.40. The molecule has 0 aromatic carbocycles. The summed E-state index contributed by atoms with van der Waals surface area (Å²) in [6.45, 7) is 2.31. The number of urea groups is 1. The summed E-state index contributed by atoms with van der Waals surface area (Å²) in [4.78, 5) is 27.7. The number of nitrogens with zero attached hydrogens (tertiary/aromatic N) is 1. The van der Waals surface area contributed by atoms with Crippen molar-refractivity contribution in [2.24, 2.45) is 0 Å². The average Bonchev–Trinajstić information content (AvgIpc) is 2.68. The fourth-order valence-corrected chi connectivity index (χ4v) is 2.90. The third-order valence-electron chi connectivity index (χ3n) is 3.43. The van der Waals surface area contributed by atoms with Gasteiger partial charge in [-0.3, -0.25) is 4.79 Å². The lowest BCUT2D eigenvalue weighted by Gasteiger charge is -2.41. The predicted molar refractivity (Wildman–Crippen MR) is 71.1 cm³/mol. The number of amides is 2. The maximum absolute atomic E-state index is 11.8. The van der Waals surface area contributed by atoms with Crippen molar-refractivity contribution < 1.29 is 14.7 Å². The predicted octanol–water partition coefficient (Wildman–Crippen LogP) is 1.65. The van der Waals surface area contributed by atoms with Gasteiger partial charge in [-0.15, -0.1) is 11.3 Å². The highest BCUT2D eigenvalue weighted by molar-refractivity contribution is 7.09. The van der Waals surface area contributed by atoms with Crippen LogP contribution in [0.5, 0.6) is 0 Å². The highest BCUT2D eigenvalue weighted by atomic mass is 32.1. The summed E-state index contributed by atoms with van der Waals surface area (Å²) in [6, 6.07) is -0.311. The minimum Gasteiger partial charge on any atom is -0.481 e. The fourth-order valence-electron chi connectivity index (χ4n) is 2.18. The second kappa shape index (κ2) is 5.56. The van der Waals surface area contributed by atoms with E-state index in [2.05, 4.69) is 15.6 Å². The van der Waals surface area contributed by atoms with Crippen molar-refractivity contribution in [3.8, 4) is 0 Å². The second-order valence-corrected chi connectivity index (χ2v) is 5.81. The maximum atomic E-state index is 11.8. The topological polar surface area (TPSA) is 91.3 Å². The first kappa shape index (κ1) is 13.8. The molecule has 0 aliphatic heterocycles. The van der Waals surface area contributed by atoms with Gasteiger partial charge in [-0.1, -0.05) is 0 Å². The lowest BCUT2D eigenvalue weighted by Crippen LogP contribution is -2.57. The number of hydrogen-bond donors (Lipinski definition) is 3. The summed E-state index contributed by atoms with van der Waals surface area (Å²) in [5.74, 6) is -0.877. The first-order valence-electron chi connectivity index (χ1n) is 6.17. The number of nitrogens with one attached hydrogen (secondary N) is 2. The van der Waals surface area contributed by atoms with Gasteiger partial charge in [-0.05, 0) is 26.2 Å². The molecule has 6 nitrogen and oxygen atoms in total. The van der Waals surface area contributed by atoms with Crippen LogP contribution in [0.4, 0.5) is 4.79 Å². The molecule has 0 unspecified atom stereocenters. The molecule has 2 amide bonds. The molecule has 19 heavy (non-hydrogen) atoms. The summed E-state index contributed by atoms with van der Waals surface area (Å²) in [5, 5.41) is 14.4. The molecular formula is C12H17N3O3S. The van der Waals surface area contributed by atoms with Crippen molar-refractivity contribution in [3.63, 3.8) is 0 Å². The van der Waals surface area contributed by atoms with Crippen LogP contribution < -0.4 is 10.6 Å². The molecule has 0 atom stereocenters. The van der Waals surface area contributed by atoms with Crippen LogP contribution in [0.1, 0.15) is 36.3 Å². The molecule has 1 fully saturated rings. The summed E-state index contributed by atoms with van der Waals surface area (Å²) >= 11 is 1.49. The number of aliphatic carboxylic acids is 1. The molecule has 1 aromatic rings. The molecule has 2 rings (SSSR count). The number of carbonyl (C=O) groups excluding carboxylic acids is 1. The van der Waals surface area contributed by atoms with E-state index < -0.39 is 11.5 Å². The zero-order valence-electron chi connectivity index (χ0n) is 10.7. The monoisotopic (exact) mass is 283 g/mol. The molecule has 0 saturated heterocycles. The molecule has 1 aliphatic carbocycles. The van der Waals surface area contributed by atoms with Crippen LogP contribution >= 0.6 is 11.3 Å². The van der Waals surface area contributed by atoms with Crippen LogP contribution in [0.25, 0.3) is 0 Å². The number of hydrogen-bond acceptors (Lipinski definition) is 4. The zero-order valence-corrected chi connectivity index (χ0v) is 11.5. The molecule has 104 valence electrons. The third kappa shape index (κ3) is 3.44. The zero-order chi connectivity index (χ0) is 13.9. The first-order chi connectivity index (χ1) is 9.01. The standard InChI is InChI=1S/C12H17N3O3S/c1-8-9(19-7-14-8)6-13-11(18)15-12(3-2-4-12)5-10(16)17/h7H,2-6H2,1H3,(H,16,17)(H2,13,15,18). The molecule has 1 aromatic heterocycles. The lowest BCUT2D eigenvalue weighted by molar-refractivity contribution is -0.139. The number of carbonyl (C=O) groups is 2. The Morgan fingerprint density at radius 2 is 2.26 bits per heavy atom. The molecule has 3 N–H and O–H groups in total. The van der Waals surface area contributed by atoms with E-state index in [1.165, 1.54) is 11.3 Å². The summed E-state index contributed by atoms with van der Waals surface area (Å²) < 4.78 is 0. The van der Waals surface area contributed by atoms with Gasteiger partial charge in [0.25, 0.3) is 0 Å². The minimum atomic E-state index is -0.877. The van der Waals surface area contributed by atoms with Gasteiger partial charge >= 0.3 is 12.0 Å². The third-order valence-corrected chi connectivity index (χ3v) is 4.37. The smallest absolute Gasteiger partial charge is 0.315 e. The van der Waals surface area contributed by atoms with Gasteiger partial charge in [-0.2, -0.15) is 0 Å². The number of aromatic nitrogens is 1. The summed E-state index contributed by atoms with van der Waals surface area (Å²) in [6.07, 6.45) is 2.40. The highest BCUT2D eigenvalue weighted by Crippen LogP contribution is 2.34. The number of thiazole rings is 1. The average molecular weight is 283 g/mol. The van der Waals surface area contributed by atoms with Crippen LogP contribution in [0.15, 0.2) is 5.51 Å². The first-order valence-corrected chi connectivity index (χ1v) is 7.05. The van der Waals surface area contributed by atoms with Crippen LogP contribution in [0, 0.1) is 6.92 Å². The van der Waals surface area contributed by atoms with Gasteiger partial charge in [-0.25, -0.2) is 9.78 Å². The Balaban J connectivity index is 1.83. The van der Waals surface area contributed by atoms with Gasteiger partial charge in [0.2, 0.25) is 0 Å². The second-order valence-electron chi connectivity index (χ2n) is 4.87. The van der Waals surface area contributed by atoms with Crippen molar-refractivity contribution in [2.75, 3.05) is 0 Å². The Kier molecular flexibility index (Phi) is 4.04. The van der Waals surface area contributed by atoms with Crippen LogP contribution in [-0.4, -0.2) is 27.6 Å². The largest absolute Gasteiger partial charge is 0.481 e. The van der Waals surface area contributed by atoms with Crippen molar-refractivity contribution in [1.29, 1.82) is 0 Å². The Labute approximate surface area is 115 Å². The maximum Gasteiger partial charge on any atom is 0.315 e. The Hall–Kier alpha value is -1.63. The van der Waals surface area contributed by atoms with E-state index in [1.54, 1.807) is 5.51 Å². The van der Waals surface area contributed by atoms with E-state index in [0.29, 0.717) is 6.54 Å². The van der Waals surface area contributed by atoms with E-state index in [1.807, 2.05) is 6.92 Å². The number of aryl methyl sites for hydroxylation is 1. The fraction of sp³-hybridized carbons (Fsp3) is 0.583. The molecule has 7 heteroatoms. The summed E-state index contributed by atoms with van der Waals surface area (Å²) in [5.41, 5.74) is 2.09. The van der Waals surface area contributed by atoms with E-state index in [0.717, 1.165) is 29.8 Å². The van der Waals surface area contributed by atoms with E-state index >= 15 is 0 Å².